The Bertz CT molecular complexity index is 436. The van der Waals surface area contributed by atoms with Gasteiger partial charge in [-0.3, -0.25) is 4.79 Å². The molecule has 5 heteroatoms. The molecule has 1 aromatic rings. The summed E-state index contributed by atoms with van der Waals surface area (Å²) < 4.78 is 0. The van der Waals surface area contributed by atoms with Crippen molar-refractivity contribution >= 4 is 11.7 Å². The summed E-state index contributed by atoms with van der Waals surface area (Å²) in [5.41, 5.74) is 1.27. The molecular weight excluding hydrogens is 204 g/mol. The van der Waals surface area contributed by atoms with Crippen molar-refractivity contribution in [3.63, 3.8) is 0 Å². The van der Waals surface area contributed by atoms with Crippen LogP contribution in [0, 0.1) is 18.3 Å². The van der Waals surface area contributed by atoms with Gasteiger partial charge in [0.2, 0.25) is 5.91 Å². The number of anilines is 1. The molecule has 2 N–H and O–H groups in total. The minimum atomic E-state index is -0.383. The Kier molecular flexibility index (Phi) is 3.84. The van der Waals surface area contributed by atoms with Crippen molar-refractivity contribution in [3.05, 3.63) is 23.4 Å². The van der Waals surface area contributed by atoms with Gasteiger partial charge in [-0.15, -0.1) is 0 Å². The van der Waals surface area contributed by atoms with Crippen molar-refractivity contribution < 1.29 is 4.79 Å². The molecule has 1 rings (SSSR count). The van der Waals surface area contributed by atoms with Crippen LogP contribution in [0.3, 0.4) is 0 Å². The summed E-state index contributed by atoms with van der Waals surface area (Å²) in [4.78, 5) is 15.5. The van der Waals surface area contributed by atoms with Gasteiger partial charge in [-0.05, 0) is 26.0 Å². The Balaban J connectivity index is 2.86. The van der Waals surface area contributed by atoms with Gasteiger partial charge >= 0.3 is 0 Å². The van der Waals surface area contributed by atoms with Gasteiger partial charge in [-0.2, -0.15) is 5.26 Å². The highest BCUT2D eigenvalue weighted by Gasteiger charge is 2.11. The van der Waals surface area contributed by atoms with E-state index in [2.05, 4.69) is 15.6 Å². The number of hydrogen-bond acceptors (Lipinski definition) is 4. The van der Waals surface area contributed by atoms with Gasteiger partial charge in [0.05, 0.1) is 11.6 Å². The number of hydrogen-bond donors (Lipinski definition) is 2. The molecule has 16 heavy (non-hydrogen) atoms. The first-order chi connectivity index (χ1) is 7.56. The number of likely N-dealkylation sites (N-methyl/N-ethyl adjacent to an activating group) is 1. The van der Waals surface area contributed by atoms with Gasteiger partial charge in [0, 0.05) is 12.7 Å². The summed E-state index contributed by atoms with van der Waals surface area (Å²) in [6.45, 7) is 3.53. The summed E-state index contributed by atoms with van der Waals surface area (Å²) in [5, 5.41) is 14.3. The van der Waals surface area contributed by atoms with Gasteiger partial charge in [0.25, 0.3) is 0 Å². The standard InChI is InChI=1S/C11H14N4O/c1-7-4-9(6-12)5-10(14-7)15-8(2)11(16)13-3/h4-5,8H,1-3H3,(H,13,16)(H,14,15). The van der Waals surface area contributed by atoms with Crippen molar-refractivity contribution in [1.82, 2.24) is 10.3 Å². The number of nitrogens with zero attached hydrogens (tertiary/aromatic N) is 2. The van der Waals surface area contributed by atoms with E-state index in [1.165, 1.54) is 0 Å². The lowest BCUT2D eigenvalue weighted by atomic mass is 10.2. The van der Waals surface area contributed by atoms with Gasteiger partial charge in [0.15, 0.2) is 0 Å². The minimum Gasteiger partial charge on any atom is -0.359 e. The van der Waals surface area contributed by atoms with E-state index in [1.807, 2.05) is 6.07 Å². The van der Waals surface area contributed by atoms with Crippen LogP contribution < -0.4 is 10.6 Å². The third-order valence-electron chi connectivity index (χ3n) is 2.09. The quantitative estimate of drug-likeness (QED) is 0.787. The molecule has 1 atom stereocenters. The number of carbonyl (C=O) groups excluding carboxylic acids is 1. The van der Waals surface area contributed by atoms with E-state index in [4.69, 9.17) is 5.26 Å². The van der Waals surface area contributed by atoms with Crippen LogP contribution in [0.4, 0.5) is 5.82 Å². The maximum atomic E-state index is 11.3. The highest BCUT2D eigenvalue weighted by atomic mass is 16.2. The van der Waals surface area contributed by atoms with Crippen LogP contribution >= 0.6 is 0 Å². The average Bonchev–Trinajstić information content (AvgIpc) is 2.26. The van der Waals surface area contributed by atoms with Crippen LogP contribution in [0.2, 0.25) is 0 Å². The molecule has 1 amide bonds. The summed E-state index contributed by atoms with van der Waals surface area (Å²) in [6.07, 6.45) is 0. The van der Waals surface area contributed by atoms with Crippen LogP contribution in [0.15, 0.2) is 12.1 Å². The van der Waals surface area contributed by atoms with Crippen molar-refractivity contribution in [2.75, 3.05) is 12.4 Å². The third-order valence-corrected chi connectivity index (χ3v) is 2.09. The summed E-state index contributed by atoms with van der Waals surface area (Å²) in [6, 6.07) is 4.97. The van der Waals surface area contributed by atoms with Crippen LogP contribution in [0.5, 0.6) is 0 Å². The Hall–Kier alpha value is -2.09. The zero-order valence-electron chi connectivity index (χ0n) is 9.53. The van der Waals surface area contributed by atoms with E-state index in [-0.39, 0.29) is 11.9 Å². The number of carbonyl (C=O) groups is 1. The van der Waals surface area contributed by atoms with Gasteiger partial charge in [-0.25, -0.2) is 4.98 Å². The Morgan fingerprint density at radius 2 is 2.25 bits per heavy atom. The van der Waals surface area contributed by atoms with E-state index in [0.29, 0.717) is 11.4 Å². The molecule has 0 spiro atoms. The maximum Gasteiger partial charge on any atom is 0.241 e. The van der Waals surface area contributed by atoms with Crippen LogP contribution in [-0.4, -0.2) is 24.0 Å². The molecule has 0 aliphatic carbocycles. The molecule has 0 aliphatic heterocycles. The van der Waals surface area contributed by atoms with Gasteiger partial charge in [0.1, 0.15) is 11.9 Å². The molecule has 0 aliphatic rings. The first-order valence-corrected chi connectivity index (χ1v) is 4.93. The van der Waals surface area contributed by atoms with Crippen molar-refractivity contribution in [2.24, 2.45) is 0 Å². The Morgan fingerprint density at radius 1 is 1.56 bits per heavy atom. The second kappa shape index (κ2) is 5.12. The number of nitriles is 1. The smallest absolute Gasteiger partial charge is 0.241 e. The number of aryl methyl sites for hydroxylation is 1. The first-order valence-electron chi connectivity index (χ1n) is 4.93. The van der Waals surface area contributed by atoms with Crippen LogP contribution in [0.25, 0.3) is 0 Å². The maximum absolute atomic E-state index is 11.3. The van der Waals surface area contributed by atoms with E-state index < -0.39 is 0 Å². The normalized spacial score (nSPS) is 11.4. The van der Waals surface area contributed by atoms with E-state index in [0.717, 1.165) is 5.69 Å². The van der Waals surface area contributed by atoms with Gasteiger partial charge < -0.3 is 10.6 Å². The third kappa shape index (κ3) is 2.95. The second-order valence-electron chi connectivity index (χ2n) is 3.47. The second-order valence-corrected chi connectivity index (χ2v) is 3.47. The first kappa shape index (κ1) is 12.0. The predicted molar refractivity (Wildman–Crippen MR) is 60.8 cm³/mol. The largest absolute Gasteiger partial charge is 0.359 e. The molecule has 0 fully saturated rings. The molecule has 0 saturated carbocycles. The fraction of sp³-hybridized carbons (Fsp3) is 0.364. The fourth-order valence-electron chi connectivity index (χ4n) is 1.31. The molecule has 1 aromatic heterocycles. The number of pyridine rings is 1. The Morgan fingerprint density at radius 3 is 2.81 bits per heavy atom. The lowest BCUT2D eigenvalue weighted by Gasteiger charge is -2.13. The molecule has 5 nitrogen and oxygen atoms in total. The zero-order chi connectivity index (χ0) is 12.1. The van der Waals surface area contributed by atoms with Gasteiger partial charge in [-0.1, -0.05) is 0 Å². The van der Waals surface area contributed by atoms with Crippen LogP contribution in [-0.2, 0) is 4.79 Å². The number of amides is 1. The summed E-state index contributed by atoms with van der Waals surface area (Å²) >= 11 is 0. The Labute approximate surface area is 94.5 Å². The van der Waals surface area contributed by atoms with E-state index in [1.54, 1.807) is 33.0 Å². The summed E-state index contributed by atoms with van der Waals surface area (Å²) in [5.74, 6) is 0.412. The lowest BCUT2D eigenvalue weighted by Crippen LogP contribution is -2.35. The minimum absolute atomic E-state index is 0.123. The lowest BCUT2D eigenvalue weighted by molar-refractivity contribution is -0.121. The average molecular weight is 218 g/mol. The van der Waals surface area contributed by atoms with Crippen LogP contribution in [0.1, 0.15) is 18.2 Å². The molecule has 84 valence electrons. The van der Waals surface area contributed by atoms with Crippen molar-refractivity contribution in [2.45, 2.75) is 19.9 Å². The highest BCUT2D eigenvalue weighted by molar-refractivity contribution is 5.83. The molecule has 0 bridgehead atoms. The molecule has 1 unspecified atom stereocenters. The topological polar surface area (TPSA) is 77.8 Å². The zero-order valence-corrected chi connectivity index (χ0v) is 9.53. The highest BCUT2D eigenvalue weighted by Crippen LogP contribution is 2.10. The monoisotopic (exact) mass is 218 g/mol. The number of aromatic nitrogens is 1. The molecule has 1 heterocycles. The molecule has 0 saturated heterocycles. The predicted octanol–water partition coefficient (Wildman–Crippen LogP) is 0.808. The SMILES string of the molecule is CNC(=O)C(C)Nc1cc(C#N)cc(C)n1. The van der Waals surface area contributed by atoms with Crippen molar-refractivity contribution in [1.29, 1.82) is 5.26 Å². The number of rotatable bonds is 3. The van der Waals surface area contributed by atoms with Crippen molar-refractivity contribution in [3.8, 4) is 6.07 Å². The molecule has 0 radical (unpaired) electrons. The molecule has 0 aromatic carbocycles. The summed E-state index contributed by atoms with van der Waals surface area (Å²) in [7, 11) is 1.57. The van der Waals surface area contributed by atoms with E-state index in [9.17, 15) is 4.79 Å². The fourth-order valence-corrected chi connectivity index (χ4v) is 1.31. The molecular formula is C11H14N4O. The van der Waals surface area contributed by atoms with E-state index >= 15 is 0 Å². The number of nitrogens with one attached hydrogen (secondary N) is 2.